The van der Waals surface area contributed by atoms with Crippen LogP contribution in [0.2, 0.25) is 0 Å². The number of pyridine rings is 1. The molecule has 0 saturated carbocycles. The van der Waals surface area contributed by atoms with E-state index in [-0.39, 0.29) is 17.0 Å². The number of hydrogen-bond acceptors (Lipinski definition) is 2. The minimum absolute atomic E-state index is 0.0434. The molecule has 3 aromatic rings. The number of carbonyl (C=O) groups is 1. The Morgan fingerprint density at radius 3 is 2.00 bits per heavy atom. The summed E-state index contributed by atoms with van der Waals surface area (Å²) in [6.45, 7) is 0. The lowest BCUT2D eigenvalue weighted by Gasteiger charge is -2.15. The molecule has 2 N–H and O–H groups in total. The summed E-state index contributed by atoms with van der Waals surface area (Å²) < 4.78 is 77.6. The molecule has 1 amide bonds. The van der Waals surface area contributed by atoms with Gasteiger partial charge in [0.15, 0.2) is 0 Å². The van der Waals surface area contributed by atoms with Crippen molar-refractivity contribution in [2.45, 2.75) is 12.4 Å². The number of fused-ring (bicyclic) bond motifs is 1. The Kier molecular flexibility index (Phi) is 4.66. The summed E-state index contributed by atoms with van der Waals surface area (Å²) in [6, 6.07) is 7.78. The molecular weight excluding hydrogens is 390 g/mol. The van der Waals surface area contributed by atoms with Crippen LogP contribution in [0.15, 0.2) is 53.3 Å². The Morgan fingerprint density at radius 1 is 0.857 bits per heavy atom. The third-order valence-corrected chi connectivity index (χ3v) is 3.84. The first-order valence-electron chi connectivity index (χ1n) is 7.68. The van der Waals surface area contributed by atoms with Crippen LogP contribution in [0.1, 0.15) is 21.5 Å². The largest absolute Gasteiger partial charge is 0.416 e. The maximum absolute atomic E-state index is 12.9. The molecule has 3 rings (SSSR count). The van der Waals surface area contributed by atoms with Crippen molar-refractivity contribution < 1.29 is 31.1 Å². The number of alkyl halides is 6. The zero-order valence-electron chi connectivity index (χ0n) is 13.7. The van der Waals surface area contributed by atoms with Crippen LogP contribution in [-0.4, -0.2) is 10.9 Å². The zero-order chi connectivity index (χ0) is 20.7. The number of anilines is 1. The van der Waals surface area contributed by atoms with Crippen LogP contribution < -0.4 is 10.9 Å². The lowest BCUT2D eigenvalue weighted by Crippen LogP contribution is -2.18. The van der Waals surface area contributed by atoms with Crippen LogP contribution >= 0.6 is 0 Å². The van der Waals surface area contributed by atoms with E-state index in [0.717, 1.165) is 6.07 Å². The summed E-state index contributed by atoms with van der Waals surface area (Å²) in [5, 5.41) is 2.29. The van der Waals surface area contributed by atoms with Crippen molar-refractivity contribution >= 4 is 22.5 Å². The first kappa shape index (κ1) is 19.5. The molecule has 1 aromatic heterocycles. The molecule has 0 aliphatic rings. The molecule has 4 nitrogen and oxygen atoms in total. The molecule has 10 heteroatoms. The molecular formula is C18H10F6N2O2. The van der Waals surface area contributed by atoms with Crippen LogP contribution in [0.5, 0.6) is 0 Å². The number of halogens is 6. The number of hydrogen-bond donors (Lipinski definition) is 2. The van der Waals surface area contributed by atoms with Gasteiger partial charge in [-0.15, -0.1) is 0 Å². The molecule has 146 valence electrons. The van der Waals surface area contributed by atoms with Gasteiger partial charge < -0.3 is 10.3 Å². The van der Waals surface area contributed by atoms with Crippen molar-refractivity contribution in [2.75, 3.05) is 5.32 Å². The number of H-pyrrole nitrogens is 1. The molecule has 1 heterocycles. The standard InChI is InChI=1S/C18H10F6N2O2/c19-17(20,21)9-5-10(18(22,23)24)7-11(6-9)25-16(28)13-8-15(27)26-14-4-2-1-3-12(13)14/h1-8H,(H,25,28)(H,26,27). The summed E-state index contributed by atoms with van der Waals surface area (Å²) in [5.74, 6) is -1.02. The van der Waals surface area contributed by atoms with Crippen LogP contribution in [0.3, 0.4) is 0 Å². The SMILES string of the molecule is O=C(Nc1cc(C(F)(F)F)cc(C(F)(F)F)c1)c1cc(=O)[nH]c2ccccc12. The number of rotatable bonds is 2. The van der Waals surface area contributed by atoms with Gasteiger partial charge in [0, 0.05) is 22.7 Å². The van der Waals surface area contributed by atoms with Crippen molar-refractivity contribution in [3.63, 3.8) is 0 Å². The number of benzene rings is 2. The second kappa shape index (κ2) is 6.70. The molecule has 28 heavy (non-hydrogen) atoms. The van der Waals surface area contributed by atoms with Crippen molar-refractivity contribution in [1.82, 2.24) is 4.98 Å². The fourth-order valence-corrected chi connectivity index (χ4v) is 2.62. The van der Waals surface area contributed by atoms with Crippen LogP contribution in [0, 0.1) is 0 Å². The molecule has 2 aromatic carbocycles. The van der Waals surface area contributed by atoms with E-state index < -0.39 is 40.6 Å². The van der Waals surface area contributed by atoms with Gasteiger partial charge in [0.1, 0.15) is 0 Å². The normalized spacial score (nSPS) is 12.2. The quantitative estimate of drug-likeness (QED) is 0.606. The first-order valence-corrected chi connectivity index (χ1v) is 7.68. The second-order valence-electron chi connectivity index (χ2n) is 5.84. The van der Waals surface area contributed by atoms with Crippen molar-refractivity contribution in [3.8, 4) is 0 Å². The van der Waals surface area contributed by atoms with Gasteiger partial charge in [-0.1, -0.05) is 18.2 Å². The van der Waals surface area contributed by atoms with Crippen molar-refractivity contribution in [1.29, 1.82) is 0 Å². The topological polar surface area (TPSA) is 62.0 Å². The van der Waals surface area contributed by atoms with E-state index >= 15 is 0 Å². The van der Waals surface area contributed by atoms with Crippen LogP contribution in [-0.2, 0) is 12.4 Å². The van der Waals surface area contributed by atoms with Crippen molar-refractivity contribution in [2.24, 2.45) is 0 Å². The molecule has 0 aliphatic heterocycles. The Labute approximate surface area is 152 Å². The molecule has 0 atom stereocenters. The Morgan fingerprint density at radius 2 is 1.43 bits per heavy atom. The smallest absolute Gasteiger partial charge is 0.322 e. The van der Waals surface area contributed by atoms with E-state index in [1.807, 2.05) is 5.32 Å². The van der Waals surface area contributed by atoms with E-state index in [9.17, 15) is 35.9 Å². The van der Waals surface area contributed by atoms with Gasteiger partial charge in [-0.3, -0.25) is 9.59 Å². The first-order chi connectivity index (χ1) is 12.9. The summed E-state index contributed by atoms with van der Waals surface area (Å²) in [7, 11) is 0. The number of aromatic nitrogens is 1. The van der Waals surface area contributed by atoms with Gasteiger partial charge >= 0.3 is 12.4 Å². The van der Waals surface area contributed by atoms with Gasteiger partial charge in [0.05, 0.1) is 16.7 Å². The lowest BCUT2D eigenvalue weighted by molar-refractivity contribution is -0.143. The number of amides is 1. The predicted octanol–water partition coefficient (Wildman–Crippen LogP) is 4.82. The average molecular weight is 400 g/mol. The molecule has 0 radical (unpaired) electrons. The fourth-order valence-electron chi connectivity index (χ4n) is 2.62. The van der Waals surface area contributed by atoms with Gasteiger partial charge in [-0.05, 0) is 24.3 Å². The van der Waals surface area contributed by atoms with Crippen LogP contribution in [0.4, 0.5) is 32.0 Å². The third-order valence-electron chi connectivity index (χ3n) is 3.84. The summed E-state index contributed by atoms with van der Waals surface area (Å²) >= 11 is 0. The molecule has 0 fully saturated rings. The summed E-state index contributed by atoms with van der Waals surface area (Å²) in [6.07, 6.45) is -10.1. The average Bonchev–Trinajstić information content (AvgIpc) is 2.59. The summed E-state index contributed by atoms with van der Waals surface area (Å²) in [5.41, 5.74) is -4.37. The third kappa shape index (κ3) is 4.00. The van der Waals surface area contributed by atoms with Gasteiger partial charge in [0.2, 0.25) is 5.56 Å². The Hall–Kier alpha value is -3.30. The van der Waals surface area contributed by atoms with E-state index in [0.29, 0.717) is 17.6 Å². The van der Waals surface area contributed by atoms with Gasteiger partial charge in [-0.2, -0.15) is 26.3 Å². The Bertz CT molecular complexity index is 1080. The summed E-state index contributed by atoms with van der Waals surface area (Å²) in [4.78, 5) is 26.6. The monoisotopic (exact) mass is 400 g/mol. The molecule has 0 aliphatic carbocycles. The minimum Gasteiger partial charge on any atom is -0.322 e. The molecule has 0 spiro atoms. The van der Waals surface area contributed by atoms with E-state index in [1.54, 1.807) is 12.1 Å². The molecule has 0 saturated heterocycles. The minimum atomic E-state index is -5.04. The van der Waals surface area contributed by atoms with E-state index in [4.69, 9.17) is 0 Å². The van der Waals surface area contributed by atoms with Crippen molar-refractivity contribution in [3.05, 3.63) is 75.6 Å². The number of aromatic amines is 1. The molecule has 0 unspecified atom stereocenters. The second-order valence-corrected chi connectivity index (χ2v) is 5.84. The highest BCUT2D eigenvalue weighted by Crippen LogP contribution is 2.37. The zero-order valence-corrected chi connectivity index (χ0v) is 13.7. The Balaban J connectivity index is 2.07. The number of carbonyl (C=O) groups excluding carboxylic acids is 1. The highest BCUT2D eigenvalue weighted by atomic mass is 19.4. The number of para-hydroxylation sites is 1. The highest BCUT2D eigenvalue weighted by molar-refractivity contribution is 6.12. The van der Waals surface area contributed by atoms with Crippen LogP contribution in [0.25, 0.3) is 10.9 Å². The van der Waals surface area contributed by atoms with E-state index in [1.165, 1.54) is 12.1 Å². The van der Waals surface area contributed by atoms with E-state index in [2.05, 4.69) is 4.98 Å². The highest BCUT2D eigenvalue weighted by Gasteiger charge is 2.37. The lowest BCUT2D eigenvalue weighted by atomic mass is 10.1. The molecule has 0 bridgehead atoms. The van der Waals surface area contributed by atoms with Gasteiger partial charge in [-0.25, -0.2) is 0 Å². The van der Waals surface area contributed by atoms with Gasteiger partial charge in [0.25, 0.3) is 5.91 Å². The maximum Gasteiger partial charge on any atom is 0.416 e. The number of nitrogens with one attached hydrogen (secondary N) is 2. The predicted molar refractivity (Wildman–Crippen MR) is 89.0 cm³/mol. The fraction of sp³-hybridized carbons (Fsp3) is 0.111. The maximum atomic E-state index is 12.9.